The molecule has 1 spiro atoms. The van der Waals surface area contributed by atoms with E-state index in [0.29, 0.717) is 0 Å². The van der Waals surface area contributed by atoms with Gasteiger partial charge in [-0.25, -0.2) is 0 Å². The van der Waals surface area contributed by atoms with E-state index in [1.807, 2.05) is 6.07 Å². The van der Waals surface area contributed by atoms with Crippen molar-refractivity contribution < 1.29 is 4.42 Å². The minimum atomic E-state index is -0.471. The Morgan fingerprint density at radius 1 is 0.342 bits per heavy atom. The van der Waals surface area contributed by atoms with Gasteiger partial charge in [0, 0.05) is 55.1 Å². The third-order valence-electron chi connectivity index (χ3n) is 18.0. The zero-order valence-electron chi connectivity index (χ0n) is 43.7. The molecule has 79 heavy (non-hydrogen) atoms. The summed E-state index contributed by atoms with van der Waals surface area (Å²) >= 11 is 0. The Bertz CT molecular complexity index is 4810. The van der Waals surface area contributed by atoms with E-state index < -0.39 is 5.41 Å². The van der Waals surface area contributed by atoms with E-state index in [9.17, 15) is 0 Å². The number of benzene rings is 12. The molecular formula is C76H50N2O. The number of hydrogen-bond donors (Lipinski definition) is 0. The second-order valence-corrected chi connectivity index (χ2v) is 22.3. The molecular weight excluding hydrogens is 957 g/mol. The average Bonchev–Trinajstić information content (AvgIpc) is 4.36. The SMILES string of the molecule is CC1(C)c2ccccc2-c2cc3c4cc(-c5ccc(N(c6ccc(-c7cccc8c7oc7ccccc78)cc6)c6cccc7c6-c6ccccc6C76c7ccccc7-c7ccccc76)cc5)ccc4n(-c4ccccc4)c3cc21. The number of nitrogens with zero attached hydrogens (tertiary/aromatic N) is 2. The molecule has 0 N–H and O–H groups in total. The largest absolute Gasteiger partial charge is 0.455 e. The molecule has 3 heteroatoms. The fourth-order valence-electron chi connectivity index (χ4n) is 14.6. The fraction of sp³-hybridized carbons (Fsp3) is 0.0526. The molecule has 2 heterocycles. The lowest BCUT2D eigenvalue weighted by atomic mass is 9.70. The maximum absolute atomic E-state index is 6.57. The van der Waals surface area contributed by atoms with Crippen molar-refractivity contribution in [3.63, 3.8) is 0 Å². The Morgan fingerprint density at radius 3 is 1.59 bits per heavy atom. The Kier molecular flexibility index (Phi) is 9.11. The Hall–Kier alpha value is -9.96. The standard InChI is InChI=1S/C76H50N2O/c1-75(2)63-27-11-6-22-56(63)60-45-62-61-44-49(38-43-69(61)78(71(62)46-68(60)75)50-18-4-3-5-19-50)47-34-39-51(40-35-47)77(52-41-36-48(37-42-52)53-25-16-26-58-57-23-10-15-33-72(57)79-74(53)58)70-32-17-31-67-73(70)59-24-9-14-30-66(59)76(67)64-28-12-7-20-54(64)55-21-8-13-29-65(55)76/h3-46H,1-2H3. The summed E-state index contributed by atoms with van der Waals surface area (Å²) in [6, 6.07) is 99.2. The molecule has 0 amide bonds. The monoisotopic (exact) mass is 1010 g/mol. The molecule has 0 bridgehead atoms. The number of rotatable bonds is 6. The second-order valence-electron chi connectivity index (χ2n) is 22.3. The third-order valence-corrected chi connectivity index (χ3v) is 18.0. The van der Waals surface area contributed by atoms with E-state index >= 15 is 0 Å². The number of fused-ring (bicyclic) bond motifs is 19. The summed E-state index contributed by atoms with van der Waals surface area (Å²) in [5.74, 6) is 0. The zero-order chi connectivity index (χ0) is 52.1. The smallest absolute Gasteiger partial charge is 0.143 e. The van der Waals surface area contributed by atoms with Gasteiger partial charge in [0.15, 0.2) is 0 Å². The van der Waals surface area contributed by atoms with Crippen LogP contribution in [0, 0.1) is 0 Å². The highest BCUT2D eigenvalue weighted by atomic mass is 16.3. The first-order valence-electron chi connectivity index (χ1n) is 27.6. The minimum Gasteiger partial charge on any atom is -0.455 e. The van der Waals surface area contributed by atoms with Crippen molar-refractivity contribution >= 4 is 60.8 Å². The molecule has 0 unspecified atom stereocenters. The first-order valence-corrected chi connectivity index (χ1v) is 27.6. The van der Waals surface area contributed by atoms with Gasteiger partial charge >= 0.3 is 0 Å². The molecule has 3 aliphatic rings. The van der Waals surface area contributed by atoms with Crippen LogP contribution in [0.1, 0.15) is 47.2 Å². The van der Waals surface area contributed by atoms with Gasteiger partial charge in [0.25, 0.3) is 0 Å². The molecule has 0 aliphatic heterocycles. The topological polar surface area (TPSA) is 21.3 Å². The Morgan fingerprint density at radius 2 is 0.873 bits per heavy atom. The van der Waals surface area contributed by atoms with Crippen molar-refractivity contribution in [2.75, 3.05) is 4.90 Å². The van der Waals surface area contributed by atoms with Gasteiger partial charge in [0.2, 0.25) is 0 Å². The molecule has 370 valence electrons. The molecule has 0 saturated carbocycles. The van der Waals surface area contributed by atoms with Crippen LogP contribution in [0.5, 0.6) is 0 Å². The van der Waals surface area contributed by atoms with Gasteiger partial charge in [0.1, 0.15) is 11.2 Å². The number of anilines is 3. The lowest BCUT2D eigenvalue weighted by Crippen LogP contribution is -2.26. The quantitative estimate of drug-likeness (QED) is 0.166. The normalized spacial score (nSPS) is 13.9. The molecule has 0 fully saturated rings. The van der Waals surface area contributed by atoms with Crippen molar-refractivity contribution in [2.45, 2.75) is 24.7 Å². The van der Waals surface area contributed by atoms with Gasteiger partial charge in [-0.3, -0.25) is 0 Å². The fourth-order valence-corrected chi connectivity index (χ4v) is 14.6. The number of para-hydroxylation sites is 3. The third kappa shape index (κ3) is 6.02. The predicted octanol–water partition coefficient (Wildman–Crippen LogP) is 20.1. The molecule has 0 radical (unpaired) electrons. The van der Waals surface area contributed by atoms with E-state index in [-0.39, 0.29) is 5.41 Å². The maximum Gasteiger partial charge on any atom is 0.143 e. The average molecular weight is 1010 g/mol. The summed E-state index contributed by atoms with van der Waals surface area (Å²) in [6.45, 7) is 4.74. The summed E-state index contributed by atoms with van der Waals surface area (Å²) in [4.78, 5) is 2.48. The van der Waals surface area contributed by atoms with Crippen LogP contribution in [0.2, 0.25) is 0 Å². The summed E-state index contributed by atoms with van der Waals surface area (Å²) in [6.07, 6.45) is 0. The number of furan rings is 1. The van der Waals surface area contributed by atoms with Crippen LogP contribution in [0.3, 0.4) is 0 Å². The van der Waals surface area contributed by atoms with E-state index in [0.717, 1.165) is 61.4 Å². The first-order chi connectivity index (χ1) is 38.9. The van der Waals surface area contributed by atoms with Gasteiger partial charge < -0.3 is 13.9 Å². The van der Waals surface area contributed by atoms with Gasteiger partial charge in [-0.05, 0) is 151 Å². The zero-order valence-corrected chi connectivity index (χ0v) is 43.7. The van der Waals surface area contributed by atoms with Gasteiger partial charge in [-0.15, -0.1) is 0 Å². The van der Waals surface area contributed by atoms with Gasteiger partial charge in [0.05, 0.1) is 22.1 Å². The molecule has 0 saturated heterocycles. The molecule has 12 aromatic carbocycles. The van der Waals surface area contributed by atoms with E-state index in [1.165, 1.54) is 94.1 Å². The van der Waals surface area contributed by atoms with Crippen molar-refractivity contribution in [2.24, 2.45) is 0 Å². The lowest BCUT2D eigenvalue weighted by Gasteiger charge is -2.32. The van der Waals surface area contributed by atoms with E-state index in [1.54, 1.807) is 0 Å². The summed E-state index contributed by atoms with van der Waals surface area (Å²) in [5, 5.41) is 4.76. The molecule has 3 nitrogen and oxygen atoms in total. The van der Waals surface area contributed by atoms with Crippen molar-refractivity contribution in [1.29, 1.82) is 0 Å². The molecule has 3 aliphatic carbocycles. The van der Waals surface area contributed by atoms with Crippen LogP contribution >= 0.6 is 0 Å². The first kappa shape index (κ1) is 44.2. The van der Waals surface area contributed by atoms with Crippen LogP contribution in [0.25, 0.3) is 105 Å². The van der Waals surface area contributed by atoms with Crippen LogP contribution in [-0.4, -0.2) is 4.57 Å². The van der Waals surface area contributed by atoms with Crippen LogP contribution in [-0.2, 0) is 10.8 Å². The molecule has 14 aromatic rings. The van der Waals surface area contributed by atoms with Crippen LogP contribution < -0.4 is 4.90 Å². The summed E-state index contributed by atoms with van der Waals surface area (Å²) in [7, 11) is 0. The highest BCUT2D eigenvalue weighted by Gasteiger charge is 2.52. The van der Waals surface area contributed by atoms with Crippen LogP contribution in [0.4, 0.5) is 17.1 Å². The number of aromatic nitrogens is 1. The van der Waals surface area contributed by atoms with Crippen molar-refractivity contribution in [3.05, 3.63) is 300 Å². The van der Waals surface area contributed by atoms with E-state index in [4.69, 9.17) is 4.42 Å². The highest BCUT2D eigenvalue weighted by molar-refractivity contribution is 6.13. The lowest BCUT2D eigenvalue weighted by molar-refractivity contribution is 0.661. The Labute approximate surface area is 458 Å². The van der Waals surface area contributed by atoms with Crippen LogP contribution in [0.15, 0.2) is 271 Å². The second kappa shape index (κ2) is 16.3. The number of hydrogen-bond acceptors (Lipinski definition) is 2. The Balaban J connectivity index is 0.844. The minimum absolute atomic E-state index is 0.108. The van der Waals surface area contributed by atoms with Gasteiger partial charge in [-0.1, -0.05) is 208 Å². The summed E-state index contributed by atoms with van der Waals surface area (Å²) < 4.78 is 9.03. The maximum atomic E-state index is 6.57. The summed E-state index contributed by atoms with van der Waals surface area (Å²) in [5.41, 5.74) is 28.5. The van der Waals surface area contributed by atoms with Crippen molar-refractivity contribution in [1.82, 2.24) is 4.57 Å². The molecule has 17 rings (SSSR count). The van der Waals surface area contributed by atoms with E-state index in [2.05, 4.69) is 284 Å². The predicted molar refractivity (Wildman–Crippen MR) is 327 cm³/mol. The molecule has 2 aromatic heterocycles. The molecule has 0 atom stereocenters. The van der Waals surface area contributed by atoms with Gasteiger partial charge in [-0.2, -0.15) is 0 Å². The van der Waals surface area contributed by atoms with Crippen molar-refractivity contribution in [3.8, 4) is 61.3 Å². The highest BCUT2D eigenvalue weighted by Crippen LogP contribution is 2.65.